The fourth-order valence-corrected chi connectivity index (χ4v) is 3.41. The van der Waals surface area contributed by atoms with Gasteiger partial charge in [-0.05, 0) is 37.1 Å². The molecule has 1 fully saturated rings. The molecule has 5 heteroatoms. The van der Waals surface area contributed by atoms with Gasteiger partial charge in [0, 0.05) is 31.8 Å². The Hall–Kier alpha value is -2.56. The van der Waals surface area contributed by atoms with E-state index >= 15 is 0 Å². The molecule has 0 aliphatic carbocycles. The number of nitrogens with one attached hydrogen (secondary N) is 1. The minimum absolute atomic E-state index is 0.217. The summed E-state index contributed by atoms with van der Waals surface area (Å²) in [5.41, 5.74) is 2.11. The first-order valence-corrected chi connectivity index (χ1v) is 8.54. The molecule has 0 bridgehead atoms. The van der Waals surface area contributed by atoms with Crippen LogP contribution in [0.4, 0.5) is 0 Å². The van der Waals surface area contributed by atoms with Crippen LogP contribution in [0.2, 0.25) is 0 Å². The molecule has 0 atom stereocenters. The highest BCUT2D eigenvalue weighted by Crippen LogP contribution is 2.28. The number of likely N-dealkylation sites (tertiary alicyclic amines) is 1. The van der Waals surface area contributed by atoms with Gasteiger partial charge in [0.15, 0.2) is 0 Å². The van der Waals surface area contributed by atoms with E-state index in [2.05, 4.69) is 11.1 Å². The number of fused-ring (bicyclic) bond motifs is 1. The van der Waals surface area contributed by atoms with Gasteiger partial charge in [-0.25, -0.2) is 4.98 Å². The number of hydrogen-bond acceptors (Lipinski definition) is 3. The molecule has 2 aromatic heterocycles. The van der Waals surface area contributed by atoms with Gasteiger partial charge >= 0.3 is 0 Å². The standard InChI is InChI=1S/C19H21N3O2/c23-18(8-7-15-4-3-13-24-15)22-11-9-14(10-12-22)19-20-16-5-1-2-6-17(16)21-19/h1-6,13-14H,7-12H2,(H,20,21). The summed E-state index contributed by atoms with van der Waals surface area (Å²) in [6.45, 7) is 1.61. The molecule has 0 unspecified atom stereocenters. The van der Waals surface area contributed by atoms with Crippen LogP contribution >= 0.6 is 0 Å². The summed E-state index contributed by atoms with van der Waals surface area (Å²) in [5, 5.41) is 0. The lowest BCUT2D eigenvalue weighted by atomic mass is 9.96. The number of para-hydroxylation sites is 2. The number of benzene rings is 1. The minimum atomic E-state index is 0.217. The van der Waals surface area contributed by atoms with Crippen molar-refractivity contribution in [2.75, 3.05) is 13.1 Å². The summed E-state index contributed by atoms with van der Waals surface area (Å²) in [7, 11) is 0. The Bertz CT molecular complexity index is 781. The van der Waals surface area contributed by atoms with Gasteiger partial charge in [-0.15, -0.1) is 0 Å². The van der Waals surface area contributed by atoms with Crippen molar-refractivity contribution < 1.29 is 9.21 Å². The predicted octanol–water partition coefficient (Wildman–Crippen LogP) is 3.49. The highest BCUT2D eigenvalue weighted by atomic mass is 16.3. The molecule has 5 nitrogen and oxygen atoms in total. The first kappa shape index (κ1) is 15.0. The number of aromatic amines is 1. The zero-order valence-corrected chi connectivity index (χ0v) is 13.6. The van der Waals surface area contributed by atoms with Crippen molar-refractivity contribution in [1.29, 1.82) is 0 Å². The fraction of sp³-hybridized carbons (Fsp3) is 0.368. The van der Waals surface area contributed by atoms with Crippen molar-refractivity contribution >= 4 is 16.9 Å². The predicted molar refractivity (Wildman–Crippen MR) is 91.7 cm³/mol. The van der Waals surface area contributed by atoms with E-state index in [1.54, 1.807) is 6.26 Å². The quantitative estimate of drug-likeness (QED) is 0.799. The van der Waals surface area contributed by atoms with Crippen LogP contribution in [0.1, 0.15) is 36.8 Å². The van der Waals surface area contributed by atoms with E-state index in [4.69, 9.17) is 9.40 Å². The highest BCUT2D eigenvalue weighted by molar-refractivity contribution is 5.76. The van der Waals surface area contributed by atoms with Crippen LogP contribution < -0.4 is 0 Å². The number of carbonyl (C=O) groups is 1. The van der Waals surface area contributed by atoms with Crippen LogP contribution in [0, 0.1) is 0 Å². The van der Waals surface area contributed by atoms with Crippen molar-refractivity contribution in [3.05, 3.63) is 54.2 Å². The van der Waals surface area contributed by atoms with Gasteiger partial charge in [-0.1, -0.05) is 12.1 Å². The van der Waals surface area contributed by atoms with E-state index in [-0.39, 0.29) is 5.91 Å². The Kier molecular flexibility index (Phi) is 4.07. The molecular formula is C19H21N3O2. The Labute approximate surface area is 140 Å². The van der Waals surface area contributed by atoms with E-state index in [1.807, 2.05) is 35.2 Å². The van der Waals surface area contributed by atoms with E-state index in [0.29, 0.717) is 18.8 Å². The monoisotopic (exact) mass is 323 g/mol. The lowest BCUT2D eigenvalue weighted by molar-refractivity contribution is -0.132. The number of rotatable bonds is 4. The van der Waals surface area contributed by atoms with Crippen LogP contribution in [0.25, 0.3) is 11.0 Å². The maximum absolute atomic E-state index is 12.3. The van der Waals surface area contributed by atoms with Gasteiger partial charge in [-0.3, -0.25) is 4.79 Å². The molecule has 1 amide bonds. The van der Waals surface area contributed by atoms with Crippen LogP contribution in [-0.4, -0.2) is 33.9 Å². The molecule has 1 aromatic carbocycles. The third kappa shape index (κ3) is 3.07. The zero-order valence-electron chi connectivity index (χ0n) is 13.6. The average Bonchev–Trinajstić information content (AvgIpc) is 3.29. The van der Waals surface area contributed by atoms with Crippen molar-refractivity contribution in [2.45, 2.75) is 31.6 Å². The molecule has 0 saturated carbocycles. The first-order valence-electron chi connectivity index (χ1n) is 8.54. The molecule has 1 saturated heterocycles. The molecule has 4 rings (SSSR count). The lowest BCUT2D eigenvalue weighted by Gasteiger charge is -2.31. The number of piperidine rings is 1. The molecule has 1 aliphatic rings. The molecule has 0 radical (unpaired) electrons. The minimum Gasteiger partial charge on any atom is -0.469 e. The lowest BCUT2D eigenvalue weighted by Crippen LogP contribution is -2.38. The Morgan fingerprint density at radius 3 is 2.79 bits per heavy atom. The summed E-state index contributed by atoms with van der Waals surface area (Å²) in [5.74, 6) is 2.56. The number of aromatic nitrogens is 2. The molecule has 0 spiro atoms. The van der Waals surface area contributed by atoms with Gasteiger partial charge < -0.3 is 14.3 Å². The third-order valence-electron chi connectivity index (χ3n) is 4.81. The van der Waals surface area contributed by atoms with Gasteiger partial charge in [0.05, 0.1) is 17.3 Å². The smallest absolute Gasteiger partial charge is 0.223 e. The van der Waals surface area contributed by atoms with E-state index in [0.717, 1.165) is 48.5 Å². The van der Waals surface area contributed by atoms with Crippen LogP contribution in [-0.2, 0) is 11.2 Å². The van der Waals surface area contributed by atoms with Crippen LogP contribution in [0.3, 0.4) is 0 Å². The van der Waals surface area contributed by atoms with E-state index in [9.17, 15) is 4.79 Å². The number of carbonyl (C=O) groups excluding carboxylic acids is 1. The molecule has 24 heavy (non-hydrogen) atoms. The van der Waals surface area contributed by atoms with Crippen LogP contribution in [0.15, 0.2) is 47.1 Å². The molecule has 1 aliphatic heterocycles. The maximum atomic E-state index is 12.3. The SMILES string of the molecule is O=C(CCc1ccco1)N1CCC(c2nc3ccccc3[nH]2)CC1. The highest BCUT2D eigenvalue weighted by Gasteiger charge is 2.25. The summed E-state index contributed by atoms with van der Waals surface area (Å²) in [4.78, 5) is 22.4. The summed E-state index contributed by atoms with van der Waals surface area (Å²) in [6, 6.07) is 11.9. The fourth-order valence-electron chi connectivity index (χ4n) is 3.41. The third-order valence-corrected chi connectivity index (χ3v) is 4.81. The summed E-state index contributed by atoms with van der Waals surface area (Å²) in [6.07, 6.45) is 4.77. The van der Waals surface area contributed by atoms with Crippen LogP contribution in [0.5, 0.6) is 0 Å². The Balaban J connectivity index is 1.33. The molecule has 3 aromatic rings. The first-order chi connectivity index (χ1) is 11.8. The number of hydrogen-bond donors (Lipinski definition) is 1. The molecular weight excluding hydrogens is 302 g/mol. The number of furan rings is 1. The van der Waals surface area contributed by atoms with Crippen molar-refractivity contribution in [1.82, 2.24) is 14.9 Å². The summed E-state index contributed by atoms with van der Waals surface area (Å²) < 4.78 is 5.29. The number of imidazole rings is 1. The topological polar surface area (TPSA) is 62.1 Å². The second-order valence-corrected chi connectivity index (χ2v) is 6.37. The number of nitrogens with zero attached hydrogens (tertiary/aromatic N) is 2. The van der Waals surface area contributed by atoms with Gasteiger partial charge in [0.1, 0.15) is 11.6 Å². The van der Waals surface area contributed by atoms with Gasteiger partial charge in [-0.2, -0.15) is 0 Å². The van der Waals surface area contributed by atoms with Crippen molar-refractivity contribution in [2.24, 2.45) is 0 Å². The second-order valence-electron chi connectivity index (χ2n) is 6.37. The number of H-pyrrole nitrogens is 1. The van der Waals surface area contributed by atoms with Crippen molar-refractivity contribution in [3.8, 4) is 0 Å². The van der Waals surface area contributed by atoms with E-state index in [1.165, 1.54) is 0 Å². The van der Waals surface area contributed by atoms with Crippen molar-refractivity contribution in [3.63, 3.8) is 0 Å². The zero-order chi connectivity index (χ0) is 16.4. The Morgan fingerprint density at radius 2 is 2.04 bits per heavy atom. The average molecular weight is 323 g/mol. The normalized spacial score (nSPS) is 15.9. The largest absolute Gasteiger partial charge is 0.469 e. The van der Waals surface area contributed by atoms with E-state index < -0.39 is 0 Å². The summed E-state index contributed by atoms with van der Waals surface area (Å²) >= 11 is 0. The maximum Gasteiger partial charge on any atom is 0.223 e. The molecule has 3 heterocycles. The second kappa shape index (κ2) is 6.51. The number of aryl methyl sites for hydroxylation is 1. The van der Waals surface area contributed by atoms with Gasteiger partial charge in [0.25, 0.3) is 0 Å². The van der Waals surface area contributed by atoms with Gasteiger partial charge in [0.2, 0.25) is 5.91 Å². The molecule has 124 valence electrons. The Morgan fingerprint density at radius 1 is 1.21 bits per heavy atom. The number of amides is 1. The molecule has 1 N–H and O–H groups in total.